The van der Waals surface area contributed by atoms with Crippen molar-refractivity contribution in [3.05, 3.63) is 28.8 Å². The van der Waals surface area contributed by atoms with Crippen LogP contribution in [0.1, 0.15) is 29.7 Å². The van der Waals surface area contributed by atoms with E-state index in [2.05, 4.69) is 5.32 Å². The van der Waals surface area contributed by atoms with E-state index in [1.165, 1.54) is 0 Å². The summed E-state index contributed by atoms with van der Waals surface area (Å²) < 4.78 is 83.9. The van der Waals surface area contributed by atoms with Crippen molar-refractivity contribution in [3.63, 3.8) is 0 Å². The lowest BCUT2D eigenvalue weighted by Crippen LogP contribution is -2.44. The summed E-state index contributed by atoms with van der Waals surface area (Å²) in [5, 5.41) is 3.08. The van der Waals surface area contributed by atoms with Crippen molar-refractivity contribution in [1.82, 2.24) is 10.2 Å². The number of nitrogens with one attached hydrogen (secondary N) is 1. The Hall–Kier alpha value is -1.48. The highest BCUT2D eigenvalue weighted by Crippen LogP contribution is 2.44. The summed E-state index contributed by atoms with van der Waals surface area (Å²) in [6, 6.07) is 0.0702. The number of hydrogen-bond acceptors (Lipinski definition) is 3. The Bertz CT molecular complexity index is 579. The Balaban J connectivity index is 2.59. The standard InChI is InChI=1S/C15H18F6N2O/c1-9(23-5-3-22-4-6-23)13-11(15(19,20)21)7-10(14(16,17)18)8-12(13)24-2/h7-9,22H,3-6H2,1-2H3/t9-/m1/s1. The quantitative estimate of drug-likeness (QED) is 0.836. The monoisotopic (exact) mass is 356 g/mol. The summed E-state index contributed by atoms with van der Waals surface area (Å²) in [7, 11) is 1.07. The van der Waals surface area contributed by atoms with Gasteiger partial charge in [-0.15, -0.1) is 0 Å². The molecule has 1 heterocycles. The third-order valence-electron chi connectivity index (χ3n) is 4.11. The first-order chi connectivity index (χ1) is 11.1. The summed E-state index contributed by atoms with van der Waals surface area (Å²) in [6.07, 6.45) is -9.80. The molecule has 0 aromatic heterocycles. The highest BCUT2D eigenvalue weighted by Gasteiger charge is 2.41. The molecule has 1 saturated heterocycles. The predicted molar refractivity (Wildman–Crippen MR) is 75.9 cm³/mol. The molecule has 0 saturated carbocycles. The SMILES string of the molecule is COc1cc(C(F)(F)F)cc(C(F)(F)F)c1[C@@H](C)N1CCNCC1. The smallest absolute Gasteiger partial charge is 0.416 e. The highest BCUT2D eigenvalue weighted by atomic mass is 19.4. The maximum atomic E-state index is 13.4. The van der Waals surface area contributed by atoms with Gasteiger partial charge in [-0.2, -0.15) is 26.3 Å². The summed E-state index contributed by atoms with van der Waals surface area (Å²) in [4.78, 5) is 1.79. The van der Waals surface area contributed by atoms with Crippen LogP contribution in [0.2, 0.25) is 0 Å². The maximum absolute atomic E-state index is 13.4. The summed E-state index contributed by atoms with van der Waals surface area (Å²) in [6.45, 7) is 3.76. The molecule has 0 amide bonds. The number of hydrogen-bond donors (Lipinski definition) is 1. The average Bonchev–Trinajstić information content (AvgIpc) is 2.52. The van der Waals surface area contributed by atoms with Gasteiger partial charge in [-0.3, -0.25) is 4.90 Å². The zero-order valence-corrected chi connectivity index (χ0v) is 13.2. The molecule has 136 valence electrons. The minimum absolute atomic E-state index is 0.163. The minimum Gasteiger partial charge on any atom is -0.496 e. The van der Waals surface area contributed by atoms with E-state index in [1.54, 1.807) is 11.8 Å². The lowest BCUT2D eigenvalue weighted by atomic mass is 9.95. The molecule has 1 aliphatic heterocycles. The minimum atomic E-state index is -4.91. The molecule has 1 N–H and O–H groups in total. The van der Waals surface area contributed by atoms with Crippen LogP contribution in [0.4, 0.5) is 26.3 Å². The van der Waals surface area contributed by atoms with Gasteiger partial charge in [-0.1, -0.05) is 0 Å². The molecule has 1 aromatic carbocycles. The zero-order valence-electron chi connectivity index (χ0n) is 13.2. The lowest BCUT2D eigenvalue weighted by molar-refractivity contribution is -0.144. The number of nitrogens with zero attached hydrogens (tertiary/aromatic N) is 1. The van der Waals surface area contributed by atoms with Crippen molar-refractivity contribution in [2.75, 3.05) is 33.3 Å². The van der Waals surface area contributed by atoms with Gasteiger partial charge in [0.15, 0.2) is 0 Å². The van der Waals surface area contributed by atoms with Crippen LogP contribution >= 0.6 is 0 Å². The topological polar surface area (TPSA) is 24.5 Å². The molecule has 0 unspecified atom stereocenters. The van der Waals surface area contributed by atoms with E-state index in [0.29, 0.717) is 32.2 Å². The van der Waals surface area contributed by atoms with Crippen molar-refractivity contribution in [3.8, 4) is 5.75 Å². The molecule has 3 nitrogen and oxygen atoms in total. The van der Waals surface area contributed by atoms with Crippen LogP contribution in [-0.2, 0) is 12.4 Å². The molecule has 1 aliphatic rings. The van der Waals surface area contributed by atoms with E-state index >= 15 is 0 Å². The first-order valence-electron chi connectivity index (χ1n) is 7.36. The maximum Gasteiger partial charge on any atom is 0.416 e. The van der Waals surface area contributed by atoms with Crippen LogP contribution in [0.5, 0.6) is 5.75 Å². The number of alkyl halides is 6. The van der Waals surface area contributed by atoms with Crippen LogP contribution in [0.25, 0.3) is 0 Å². The Kier molecular flexibility index (Phi) is 5.34. The van der Waals surface area contributed by atoms with Crippen molar-refractivity contribution in [2.45, 2.75) is 25.3 Å². The Morgan fingerprint density at radius 3 is 2.08 bits per heavy atom. The number of ether oxygens (including phenoxy) is 1. The second-order valence-corrected chi connectivity index (χ2v) is 5.60. The Labute approximate surface area is 135 Å². The van der Waals surface area contributed by atoms with Crippen LogP contribution in [0.3, 0.4) is 0 Å². The molecule has 0 radical (unpaired) electrons. The number of piperazine rings is 1. The van der Waals surface area contributed by atoms with E-state index in [9.17, 15) is 26.3 Å². The van der Waals surface area contributed by atoms with Gasteiger partial charge >= 0.3 is 12.4 Å². The number of halogens is 6. The van der Waals surface area contributed by atoms with E-state index < -0.39 is 35.3 Å². The van der Waals surface area contributed by atoms with Gasteiger partial charge in [-0.25, -0.2) is 0 Å². The lowest BCUT2D eigenvalue weighted by Gasteiger charge is -2.35. The molecule has 2 rings (SSSR count). The first kappa shape index (κ1) is 18.9. The van der Waals surface area contributed by atoms with Crippen molar-refractivity contribution in [2.24, 2.45) is 0 Å². The summed E-state index contributed by atoms with van der Waals surface area (Å²) in [5.41, 5.74) is -2.94. The Morgan fingerprint density at radius 2 is 1.62 bits per heavy atom. The van der Waals surface area contributed by atoms with Gasteiger partial charge in [0.25, 0.3) is 0 Å². The molecular weight excluding hydrogens is 338 g/mol. The molecule has 1 atom stereocenters. The fourth-order valence-electron chi connectivity index (χ4n) is 2.88. The molecule has 0 bridgehead atoms. The van der Waals surface area contributed by atoms with Crippen LogP contribution < -0.4 is 10.1 Å². The third kappa shape index (κ3) is 3.94. The number of benzene rings is 1. The molecule has 0 aliphatic carbocycles. The predicted octanol–water partition coefficient (Wildman–Crippen LogP) is 3.70. The molecule has 9 heteroatoms. The fraction of sp³-hybridized carbons (Fsp3) is 0.600. The molecule has 1 fully saturated rings. The van der Waals surface area contributed by atoms with Gasteiger partial charge in [0.2, 0.25) is 0 Å². The van der Waals surface area contributed by atoms with Crippen molar-refractivity contribution in [1.29, 1.82) is 0 Å². The highest BCUT2D eigenvalue weighted by molar-refractivity contribution is 5.48. The van der Waals surface area contributed by atoms with E-state index in [0.717, 1.165) is 7.11 Å². The van der Waals surface area contributed by atoms with Crippen molar-refractivity contribution >= 4 is 0 Å². The van der Waals surface area contributed by atoms with Gasteiger partial charge in [0.1, 0.15) is 5.75 Å². The molecular formula is C15H18F6N2O. The van der Waals surface area contributed by atoms with Gasteiger partial charge < -0.3 is 10.1 Å². The van der Waals surface area contributed by atoms with Crippen LogP contribution in [0, 0.1) is 0 Å². The molecule has 0 spiro atoms. The number of rotatable bonds is 3. The summed E-state index contributed by atoms with van der Waals surface area (Å²) >= 11 is 0. The summed E-state index contributed by atoms with van der Waals surface area (Å²) in [5.74, 6) is -0.400. The fourth-order valence-corrected chi connectivity index (χ4v) is 2.88. The van der Waals surface area contributed by atoms with Gasteiger partial charge in [-0.05, 0) is 19.1 Å². The van der Waals surface area contributed by atoms with Gasteiger partial charge in [0.05, 0.1) is 18.2 Å². The van der Waals surface area contributed by atoms with E-state index in [-0.39, 0.29) is 11.6 Å². The molecule has 24 heavy (non-hydrogen) atoms. The Morgan fingerprint density at radius 1 is 1.04 bits per heavy atom. The molecule has 1 aromatic rings. The number of methoxy groups -OCH3 is 1. The average molecular weight is 356 g/mol. The van der Waals surface area contributed by atoms with E-state index in [1.807, 2.05) is 0 Å². The first-order valence-corrected chi connectivity index (χ1v) is 7.36. The van der Waals surface area contributed by atoms with E-state index in [4.69, 9.17) is 4.74 Å². The van der Waals surface area contributed by atoms with Crippen LogP contribution in [0.15, 0.2) is 12.1 Å². The second kappa shape index (κ2) is 6.79. The van der Waals surface area contributed by atoms with Crippen molar-refractivity contribution < 1.29 is 31.1 Å². The normalized spacial score (nSPS) is 18.5. The van der Waals surface area contributed by atoms with Crippen LogP contribution in [-0.4, -0.2) is 38.2 Å². The van der Waals surface area contributed by atoms with Gasteiger partial charge in [0, 0.05) is 37.8 Å². The largest absolute Gasteiger partial charge is 0.496 e. The third-order valence-corrected chi connectivity index (χ3v) is 4.11. The zero-order chi connectivity index (χ0) is 18.1. The second-order valence-electron chi connectivity index (χ2n) is 5.60.